The number of unbranched alkanes of at least 4 members (excludes halogenated alkanes) is 1. The number of ether oxygens (including phenoxy) is 2. The van der Waals surface area contributed by atoms with Crippen LogP contribution in [-0.2, 0) is 14.3 Å². The van der Waals surface area contributed by atoms with Gasteiger partial charge in [-0.1, -0.05) is 46.0 Å². The van der Waals surface area contributed by atoms with E-state index in [0.29, 0.717) is 0 Å². The van der Waals surface area contributed by atoms with Gasteiger partial charge in [-0.2, -0.15) is 0 Å². The number of methoxy groups -OCH3 is 1. The highest BCUT2D eigenvalue weighted by Gasteiger charge is 2.27. The van der Waals surface area contributed by atoms with E-state index in [2.05, 4.69) is 13.8 Å². The van der Waals surface area contributed by atoms with Crippen LogP contribution in [0.25, 0.3) is 0 Å². The average Bonchev–Trinajstić information content (AvgIpc) is 2.42. The summed E-state index contributed by atoms with van der Waals surface area (Å²) in [7, 11) is 1.44. The minimum atomic E-state index is -0.351. The van der Waals surface area contributed by atoms with Crippen molar-refractivity contribution in [1.82, 2.24) is 0 Å². The normalized spacial score (nSPS) is 25.7. The molecule has 106 valence electrons. The molecule has 3 nitrogen and oxygen atoms in total. The van der Waals surface area contributed by atoms with Crippen molar-refractivity contribution in [3.05, 3.63) is 0 Å². The molecule has 1 rings (SSSR count). The second-order valence-electron chi connectivity index (χ2n) is 5.35. The Bertz CT molecular complexity index is 240. The van der Waals surface area contributed by atoms with Gasteiger partial charge in [-0.15, -0.1) is 0 Å². The molecule has 0 heterocycles. The fourth-order valence-electron chi connectivity index (χ4n) is 2.73. The molecule has 3 heteroatoms. The molecule has 0 bridgehead atoms. The lowest BCUT2D eigenvalue weighted by Gasteiger charge is -2.30. The molecule has 0 aliphatic heterocycles. The average molecular weight is 256 g/mol. The Kier molecular flexibility index (Phi) is 7.33. The van der Waals surface area contributed by atoms with Gasteiger partial charge in [-0.3, -0.25) is 0 Å². The quantitative estimate of drug-likeness (QED) is 0.651. The van der Waals surface area contributed by atoms with Crippen LogP contribution in [0.15, 0.2) is 0 Å². The number of hydrogen-bond donors (Lipinski definition) is 0. The molecule has 0 amide bonds. The Morgan fingerprint density at radius 3 is 2.72 bits per heavy atom. The van der Waals surface area contributed by atoms with Crippen LogP contribution < -0.4 is 0 Å². The van der Waals surface area contributed by atoms with Crippen molar-refractivity contribution >= 4 is 5.97 Å². The van der Waals surface area contributed by atoms with E-state index in [-0.39, 0.29) is 18.2 Å². The summed E-state index contributed by atoms with van der Waals surface area (Å²) in [6, 6.07) is 0. The monoisotopic (exact) mass is 256 g/mol. The highest BCUT2D eigenvalue weighted by molar-refractivity contribution is 5.74. The molecule has 0 aromatic carbocycles. The number of hydrogen-bond acceptors (Lipinski definition) is 3. The molecule has 3 unspecified atom stereocenters. The van der Waals surface area contributed by atoms with Crippen LogP contribution in [0.5, 0.6) is 0 Å². The maximum absolute atomic E-state index is 11.7. The molecule has 1 fully saturated rings. The van der Waals surface area contributed by atoms with Gasteiger partial charge in [-0.05, 0) is 25.2 Å². The molecule has 0 N–H and O–H groups in total. The number of rotatable bonds is 7. The Morgan fingerprint density at radius 2 is 2.11 bits per heavy atom. The van der Waals surface area contributed by atoms with Crippen molar-refractivity contribution in [2.45, 2.75) is 77.4 Å². The fraction of sp³-hybridized carbons (Fsp3) is 0.933. The number of esters is 1. The Morgan fingerprint density at radius 1 is 1.33 bits per heavy atom. The van der Waals surface area contributed by atoms with E-state index < -0.39 is 0 Å². The zero-order valence-electron chi connectivity index (χ0n) is 12.1. The summed E-state index contributed by atoms with van der Waals surface area (Å²) >= 11 is 0. The van der Waals surface area contributed by atoms with E-state index in [9.17, 15) is 4.79 Å². The highest BCUT2D eigenvalue weighted by atomic mass is 16.6. The Balaban J connectivity index is 2.45. The number of carbonyl (C=O) groups excluding carboxylic acids is 1. The van der Waals surface area contributed by atoms with Crippen molar-refractivity contribution < 1.29 is 14.3 Å². The molecule has 1 aliphatic carbocycles. The van der Waals surface area contributed by atoms with Gasteiger partial charge in [0.15, 0.2) is 6.10 Å². The van der Waals surface area contributed by atoms with E-state index in [1.54, 1.807) is 0 Å². The van der Waals surface area contributed by atoms with Crippen LogP contribution in [0.4, 0.5) is 0 Å². The largest absolute Gasteiger partial charge is 0.467 e. The van der Waals surface area contributed by atoms with Crippen LogP contribution in [0.2, 0.25) is 0 Å². The van der Waals surface area contributed by atoms with Crippen molar-refractivity contribution in [2.24, 2.45) is 5.92 Å². The summed E-state index contributed by atoms with van der Waals surface area (Å²) in [6.07, 6.45) is 8.75. The molecule has 0 spiro atoms. The molecule has 0 aromatic rings. The van der Waals surface area contributed by atoms with Crippen molar-refractivity contribution in [3.8, 4) is 0 Å². The maximum atomic E-state index is 11.7. The van der Waals surface area contributed by atoms with E-state index in [1.807, 2.05) is 0 Å². The number of carbonyl (C=O) groups is 1. The van der Waals surface area contributed by atoms with Crippen LogP contribution in [0, 0.1) is 5.92 Å². The van der Waals surface area contributed by atoms with Gasteiger partial charge < -0.3 is 9.47 Å². The SMILES string of the molecule is CCCCC(OC1CCCC(CC)C1)C(=O)OC. The van der Waals surface area contributed by atoms with E-state index >= 15 is 0 Å². The van der Waals surface area contributed by atoms with Gasteiger partial charge >= 0.3 is 5.97 Å². The molecule has 3 atom stereocenters. The summed E-state index contributed by atoms with van der Waals surface area (Å²) in [5, 5.41) is 0. The van der Waals surface area contributed by atoms with Gasteiger partial charge in [0.1, 0.15) is 0 Å². The Labute approximate surface area is 111 Å². The third-order valence-electron chi connectivity index (χ3n) is 3.95. The summed E-state index contributed by atoms with van der Waals surface area (Å²) in [6.45, 7) is 4.37. The predicted molar refractivity (Wildman–Crippen MR) is 72.5 cm³/mol. The molecule has 0 aromatic heterocycles. The predicted octanol–water partition coefficient (Wildman–Crippen LogP) is 3.70. The molecule has 1 saturated carbocycles. The molecule has 1 aliphatic rings. The topological polar surface area (TPSA) is 35.5 Å². The lowest BCUT2D eigenvalue weighted by atomic mass is 9.85. The minimum absolute atomic E-state index is 0.206. The first-order chi connectivity index (χ1) is 8.71. The van der Waals surface area contributed by atoms with E-state index in [1.165, 1.54) is 26.4 Å². The summed E-state index contributed by atoms with van der Waals surface area (Å²) in [5.74, 6) is 0.565. The van der Waals surface area contributed by atoms with Gasteiger partial charge in [0.2, 0.25) is 0 Å². The van der Waals surface area contributed by atoms with Crippen molar-refractivity contribution in [2.75, 3.05) is 7.11 Å². The van der Waals surface area contributed by atoms with Crippen molar-refractivity contribution in [3.63, 3.8) is 0 Å². The first-order valence-corrected chi connectivity index (χ1v) is 7.44. The summed E-state index contributed by atoms with van der Waals surface area (Å²) in [4.78, 5) is 11.7. The van der Waals surface area contributed by atoms with E-state index in [0.717, 1.165) is 38.0 Å². The second kappa shape index (κ2) is 8.52. The molecular formula is C15H28O3. The van der Waals surface area contributed by atoms with Crippen molar-refractivity contribution in [1.29, 1.82) is 0 Å². The molecule has 18 heavy (non-hydrogen) atoms. The first kappa shape index (κ1) is 15.5. The van der Waals surface area contributed by atoms with Gasteiger partial charge in [0.25, 0.3) is 0 Å². The zero-order valence-corrected chi connectivity index (χ0v) is 12.1. The first-order valence-electron chi connectivity index (χ1n) is 7.44. The van der Waals surface area contributed by atoms with Crippen LogP contribution in [0.1, 0.15) is 65.2 Å². The van der Waals surface area contributed by atoms with E-state index in [4.69, 9.17) is 9.47 Å². The fourth-order valence-corrected chi connectivity index (χ4v) is 2.73. The molecule has 0 radical (unpaired) electrons. The highest BCUT2D eigenvalue weighted by Crippen LogP contribution is 2.29. The lowest BCUT2D eigenvalue weighted by Crippen LogP contribution is -2.33. The third-order valence-corrected chi connectivity index (χ3v) is 3.95. The van der Waals surface area contributed by atoms with Crippen LogP contribution in [0.3, 0.4) is 0 Å². The van der Waals surface area contributed by atoms with Gasteiger partial charge in [0.05, 0.1) is 13.2 Å². The zero-order chi connectivity index (χ0) is 13.4. The molecule has 0 saturated heterocycles. The lowest BCUT2D eigenvalue weighted by molar-refractivity contribution is -0.160. The van der Waals surface area contributed by atoms with Gasteiger partial charge in [0, 0.05) is 0 Å². The third kappa shape index (κ3) is 4.97. The Hall–Kier alpha value is -0.570. The smallest absolute Gasteiger partial charge is 0.334 e. The van der Waals surface area contributed by atoms with Gasteiger partial charge in [-0.25, -0.2) is 4.79 Å². The van der Waals surface area contributed by atoms with Crippen LogP contribution in [-0.4, -0.2) is 25.3 Å². The summed E-state index contributed by atoms with van der Waals surface area (Å²) < 4.78 is 10.8. The molecular weight excluding hydrogens is 228 g/mol. The maximum Gasteiger partial charge on any atom is 0.334 e. The second-order valence-corrected chi connectivity index (χ2v) is 5.35. The van der Waals surface area contributed by atoms with Crippen LogP contribution >= 0.6 is 0 Å². The minimum Gasteiger partial charge on any atom is -0.467 e. The standard InChI is InChI=1S/C15H28O3/c1-4-6-10-14(15(16)17-3)18-13-9-7-8-12(5-2)11-13/h12-14H,4-11H2,1-3H3. The summed E-state index contributed by atoms with van der Waals surface area (Å²) in [5.41, 5.74) is 0.